The highest BCUT2D eigenvalue weighted by atomic mass is 16.4. The Kier molecular flexibility index (Phi) is 6.28. The maximum absolute atomic E-state index is 11.7. The van der Waals surface area contributed by atoms with E-state index in [1.54, 1.807) is 6.92 Å². The molecule has 0 spiro atoms. The lowest BCUT2D eigenvalue weighted by atomic mass is 9.41. The van der Waals surface area contributed by atoms with Gasteiger partial charge in [-0.3, -0.25) is 4.79 Å². The maximum Gasteiger partial charge on any atom is 0.306 e. The molecule has 0 radical (unpaired) electrons. The molecule has 0 aromatic rings. The van der Waals surface area contributed by atoms with Crippen molar-refractivity contribution in [3.8, 4) is 0 Å². The summed E-state index contributed by atoms with van der Waals surface area (Å²) in [6, 6.07) is 0. The Hall–Kier alpha value is -0.650. The summed E-state index contributed by atoms with van der Waals surface area (Å²) in [6.07, 6.45) is 6.78. The first-order valence-electron chi connectivity index (χ1n) is 12.8. The van der Waals surface area contributed by atoms with Crippen LogP contribution in [0, 0.1) is 52.3 Å². The van der Waals surface area contributed by atoms with E-state index in [9.17, 15) is 25.2 Å². The second kappa shape index (κ2) is 8.29. The summed E-state index contributed by atoms with van der Waals surface area (Å²) in [4.78, 5) is 11.3. The molecule has 12 atom stereocenters. The number of hydrogen-bond acceptors (Lipinski definition) is 4. The van der Waals surface area contributed by atoms with E-state index in [1.807, 2.05) is 0 Å². The van der Waals surface area contributed by atoms with Gasteiger partial charge in [0.2, 0.25) is 0 Å². The fraction of sp³-hybridized carbons (Fsp3) is 0.962. The van der Waals surface area contributed by atoms with Crippen molar-refractivity contribution in [1.29, 1.82) is 0 Å². The predicted octanol–water partition coefficient (Wildman–Crippen LogP) is 4.08. The molecule has 178 valence electrons. The Balaban J connectivity index is 1.63. The third kappa shape index (κ3) is 3.49. The van der Waals surface area contributed by atoms with E-state index in [0.717, 1.165) is 51.4 Å². The van der Waals surface area contributed by atoms with Crippen molar-refractivity contribution in [1.82, 2.24) is 0 Å². The smallest absolute Gasteiger partial charge is 0.306 e. The fourth-order valence-electron chi connectivity index (χ4n) is 9.10. The van der Waals surface area contributed by atoms with Gasteiger partial charge in [0.15, 0.2) is 0 Å². The molecule has 4 fully saturated rings. The van der Waals surface area contributed by atoms with E-state index in [0.29, 0.717) is 30.1 Å². The van der Waals surface area contributed by atoms with E-state index >= 15 is 0 Å². The molecule has 4 N–H and O–H groups in total. The quantitative estimate of drug-likeness (QED) is 0.520. The minimum Gasteiger partial charge on any atom is -0.481 e. The summed E-state index contributed by atoms with van der Waals surface area (Å²) >= 11 is 0. The van der Waals surface area contributed by atoms with Gasteiger partial charge in [0.25, 0.3) is 0 Å². The van der Waals surface area contributed by atoms with Crippen LogP contribution in [0.15, 0.2) is 0 Å². The van der Waals surface area contributed by atoms with Crippen LogP contribution < -0.4 is 0 Å². The number of carbonyl (C=O) groups is 1. The van der Waals surface area contributed by atoms with E-state index in [1.165, 1.54) is 0 Å². The molecule has 0 aliphatic heterocycles. The molecule has 2 unspecified atom stereocenters. The number of carboxylic acid groups (broad SMARTS) is 1. The molecule has 0 bridgehead atoms. The van der Waals surface area contributed by atoms with Crippen molar-refractivity contribution in [3.05, 3.63) is 0 Å². The van der Waals surface area contributed by atoms with Gasteiger partial charge >= 0.3 is 5.97 Å². The summed E-state index contributed by atoms with van der Waals surface area (Å²) < 4.78 is 0. The van der Waals surface area contributed by atoms with Gasteiger partial charge in [-0.25, -0.2) is 0 Å². The molecular weight excluding hydrogens is 392 g/mol. The Morgan fingerprint density at radius 2 is 1.74 bits per heavy atom. The SMILES string of the molecule is CC[C@H]1[C@@H](O)[C@H]2C3CC[C@H](CC[C@H](C)C(=O)O)[C@@]3(C)[C@@H](O)CC2[C@@]2(C)CC[C@@H](O)C[C@@H]12. The van der Waals surface area contributed by atoms with Gasteiger partial charge in [-0.15, -0.1) is 0 Å². The van der Waals surface area contributed by atoms with E-state index < -0.39 is 12.1 Å². The van der Waals surface area contributed by atoms with Crippen LogP contribution in [0.25, 0.3) is 0 Å². The monoisotopic (exact) mass is 436 g/mol. The Morgan fingerprint density at radius 1 is 1.03 bits per heavy atom. The molecule has 31 heavy (non-hydrogen) atoms. The number of rotatable bonds is 5. The zero-order chi connectivity index (χ0) is 22.7. The summed E-state index contributed by atoms with van der Waals surface area (Å²) in [5, 5.41) is 42.9. The molecular formula is C26H44O5. The highest BCUT2D eigenvalue weighted by molar-refractivity contribution is 5.69. The number of hydrogen-bond donors (Lipinski definition) is 4. The summed E-state index contributed by atoms with van der Waals surface area (Å²) in [5.74, 6) is 0.560. The van der Waals surface area contributed by atoms with Gasteiger partial charge in [0, 0.05) is 0 Å². The fourth-order valence-corrected chi connectivity index (χ4v) is 9.10. The van der Waals surface area contributed by atoms with Crippen molar-refractivity contribution in [2.45, 2.75) is 104 Å². The molecule has 0 saturated heterocycles. The highest BCUT2D eigenvalue weighted by Gasteiger charge is 2.66. The number of aliphatic carboxylic acids is 1. The van der Waals surface area contributed by atoms with Crippen LogP contribution in [0.5, 0.6) is 0 Å². The normalized spacial score (nSPS) is 52.7. The summed E-state index contributed by atoms with van der Waals surface area (Å²) in [5.41, 5.74) is -0.169. The molecule has 0 heterocycles. The molecule has 4 aliphatic rings. The van der Waals surface area contributed by atoms with E-state index in [2.05, 4.69) is 20.8 Å². The minimum absolute atomic E-state index is 0.0714. The van der Waals surface area contributed by atoms with Crippen molar-refractivity contribution in [3.63, 3.8) is 0 Å². The van der Waals surface area contributed by atoms with Gasteiger partial charge in [-0.1, -0.05) is 34.1 Å². The Bertz CT molecular complexity index is 681. The van der Waals surface area contributed by atoms with E-state index in [4.69, 9.17) is 0 Å². The molecule has 4 aliphatic carbocycles. The van der Waals surface area contributed by atoms with Crippen LogP contribution >= 0.6 is 0 Å². The third-order valence-electron chi connectivity index (χ3n) is 11.1. The topological polar surface area (TPSA) is 98.0 Å². The van der Waals surface area contributed by atoms with Gasteiger partial charge in [-0.05, 0) is 97.7 Å². The number of aliphatic hydroxyl groups excluding tert-OH is 3. The standard InChI is InChI=1S/C26H44O5/c1-5-17-19-12-16(27)10-11-25(19,3)20-13-21(28)26(4)15(7-6-14(2)24(30)31)8-9-18(26)22(20)23(17)29/h14-23,27-29H,5-13H2,1-4H3,(H,30,31)/t14-,15-,16+,17+,18?,19-,20?,21-,22-,23+,25-,26+/m0/s1. The van der Waals surface area contributed by atoms with Gasteiger partial charge < -0.3 is 20.4 Å². The van der Waals surface area contributed by atoms with Crippen molar-refractivity contribution >= 4 is 5.97 Å². The van der Waals surface area contributed by atoms with Crippen LogP contribution in [0.1, 0.15) is 85.5 Å². The van der Waals surface area contributed by atoms with Gasteiger partial charge in [0.05, 0.1) is 24.2 Å². The third-order valence-corrected chi connectivity index (χ3v) is 11.1. The predicted molar refractivity (Wildman–Crippen MR) is 119 cm³/mol. The molecule has 5 heteroatoms. The number of aliphatic hydroxyl groups is 3. The van der Waals surface area contributed by atoms with E-state index in [-0.39, 0.29) is 40.8 Å². The summed E-state index contributed by atoms with van der Waals surface area (Å²) in [6.45, 7) is 8.57. The lowest BCUT2D eigenvalue weighted by molar-refractivity contribution is -0.226. The lowest BCUT2D eigenvalue weighted by Gasteiger charge is -2.65. The average Bonchev–Trinajstić information content (AvgIpc) is 3.06. The van der Waals surface area contributed by atoms with Crippen LogP contribution in [0.2, 0.25) is 0 Å². The first-order valence-corrected chi connectivity index (χ1v) is 12.8. The molecule has 5 nitrogen and oxygen atoms in total. The van der Waals surface area contributed by atoms with Crippen LogP contribution in [-0.2, 0) is 4.79 Å². The number of carboxylic acids is 1. The second-order valence-corrected chi connectivity index (χ2v) is 12.1. The van der Waals surface area contributed by atoms with Crippen molar-refractivity contribution < 1.29 is 25.2 Å². The van der Waals surface area contributed by atoms with Crippen LogP contribution in [-0.4, -0.2) is 44.7 Å². The van der Waals surface area contributed by atoms with Gasteiger partial charge in [0.1, 0.15) is 0 Å². The average molecular weight is 437 g/mol. The first-order chi connectivity index (χ1) is 14.6. The summed E-state index contributed by atoms with van der Waals surface area (Å²) in [7, 11) is 0. The zero-order valence-electron chi connectivity index (χ0n) is 19.8. The zero-order valence-corrected chi connectivity index (χ0v) is 19.8. The molecule has 0 amide bonds. The second-order valence-electron chi connectivity index (χ2n) is 12.1. The van der Waals surface area contributed by atoms with Crippen molar-refractivity contribution in [2.75, 3.05) is 0 Å². The minimum atomic E-state index is -0.740. The molecule has 0 aromatic heterocycles. The lowest BCUT2D eigenvalue weighted by Crippen LogP contribution is -2.64. The van der Waals surface area contributed by atoms with Gasteiger partial charge in [-0.2, -0.15) is 0 Å². The first kappa shape index (κ1) is 23.5. The largest absolute Gasteiger partial charge is 0.481 e. The Labute approximate surface area is 187 Å². The van der Waals surface area contributed by atoms with Crippen molar-refractivity contribution in [2.24, 2.45) is 52.3 Å². The Morgan fingerprint density at radius 3 is 2.39 bits per heavy atom. The number of fused-ring (bicyclic) bond motifs is 5. The highest BCUT2D eigenvalue weighted by Crippen LogP contribution is 2.69. The molecule has 0 aromatic carbocycles. The van der Waals surface area contributed by atoms with Crippen LogP contribution in [0.3, 0.4) is 0 Å². The maximum atomic E-state index is 11.7. The van der Waals surface area contributed by atoms with Crippen LogP contribution in [0.4, 0.5) is 0 Å². The molecule has 4 saturated carbocycles. The molecule has 4 rings (SSSR count).